The highest BCUT2D eigenvalue weighted by Crippen LogP contribution is 2.34. The lowest BCUT2D eigenvalue weighted by atomic mass is 9.75. The molecule has 1 saturated carbocycles. The molecule has 1 heteroatoms. The first kappa shape index (κ1) is 9.79. The van der Waals surface area contributed by atoms with Crippen LogP contribution in [-0.4, -0.2) is 11.2 Å². The summed E-state index contributed by atoms with van der Waals surface area (Å²) < 4.78 is 0. The lowest BCUT2D eigenvalue weighted by Gasteiger charge is -2.33. The van der Waals surface area contributed by atoms with Crippen molar-refractivity contribution < 1.29 is 5.11 Å². The van der Waals surface area contributed by atoms with Gasteiger partial charge in [0.15, 0.2) is 0 Å². The molecule has 0 aromatic carbocycles. The Hall–Kier alpha value is -0.300. The molecule has 0 saturated heterocycles. The smallest absolute Gasteiger partial charge is 0.0543 e. The van der Waals surface area contributed by atoms with Gasteiger partial charge in [0.2, 0.25) is 0 Å². The lowest BCUT2D eigenvalue weighted by molar-refractivity contribution is 0.0682. The molecule has 0 radical (unpaired) electrons. The lowest BCUT2D eigenvalue weighted by Crippen LogP contribution is -2.27. The van der Waals surface area contributed by atoms with Crippen LogP contribution in [0.15, 0.2) is 12.7 Å². The Morgan fingerprint density at radius 1 is 1.42 bits per heavy atom. The molecule has 0 heterocycles. The SMILES string of the molecule is C=CCC1CC(O)CCC1CC. The van der Waals surface area contributed by atoms with Gasteiger partial charge in [0.05, 0.1) is 6.10 Å². The molecule has 70 valence electrons. The van der Waals surface area contributed by atoms with E-state index in [1.165, 1.54) is 12.8 Å². The van der Waals surface area contributed by atoms with E-state index in [0.717, 1.165) is 25.2 Å². The predicted molar refractivity (Wildman–Crippen MR) is 51.9 cm³/mol. The quantitative estimate of drug-likeness (QED) is 0.642. The van der Waals surface area contributed by atoms with Crippen LogP contribution in [0.5, 0.6) is 0 Å². The summed E-state index contributed by atoms with van der Waals surface area (Å²) in [5, 5.41) is 9.49. The van der Waals surface area contributed by atoms with E-state index in [4.69, 9.17) is 0 Å². The van der Waals surface area contributed by atoms with Crippen molar-refractivity contribution in [2.45, 2.75) is 45.1 Å². The van der Waals surface area contributed by atoms with Crippen LogP contribution >= 0.6 is 0 Å². The van der Waals surface area contributed by atoms with E-state index in [9.17, 15) is 5.11 Å². The van der Waals surface area contributed by atoms with Gasteiger partial charge in [-0.05, 0) is 37.5 Å². The number of allylic oxidation sites excluding steroid dienone is 1. The Balaban J connectivity index is 2.45. The molecule has 0 aromatic heterocycles. The van der Waals surface area contributed by atoms with Crippen LogP contribution in [0.4, 0.5) is 0 Å². The van der Waals surface area contributed by atoms with E-state index in [0.29, 0.717) is 5.92 Å². The molecule has 3 unspecified atom stereocenters. The van der Waals surface area contributed by atoms with Crippen LogP contribution in [0, 0.1) is 11.8 Å². The molecule has 0 spiro atoms. The Morgan fingerprint density at radius 2 is 2.17 bits per heavy atom. The van der Waals surface area contributed by atoms with E-state index in [1.807, 2.05) is 6.08 Å². The molecule has 1 aliphatic rings. The Labute approximate surface area is 75.5 Å². The second kappa shape index (κ2) is 4.66. The van der Waals surface area contributed by atoms with Gasteiger partial charge in [-0.15, -0.1) is 6.58 Å². The summed E-state index contributed by atoms with van der Waals surface area (Å²) >= 11 is 0. The third kappa shape index (κ3) is 2.34. The van der Waals surface area contributed by atoms with Gasteiger partial charge >= 0.3 is 0 Å². The highest BCUT2D eigenvalue weighted by atomic mass is 16.3. The second-order valence-electron chi connectivity index (χ2n) is 3.92. The predicted octanol–water partition coefficient (Wildman–Crippen LogP) is 2.75. The van der Waals surface area contributed by atoms with Gasteiger partial charge < -0.3 is 5.11 Å². The minimum absolute atomic E-state index is 0.0438. The first-order valence-corrected chi connectivity index (χ1v) is 5.06. The molecular weight excluding hydrogens is 148 g/mol. The minimum atomic E-state index is -0.0438. The van der Waals surface area contributed by atoms with Crippen LogP contribution in [0.25, 0.3) is 0 Å². The summed E-state index contributed by atoms with van der Waals surface area (Å²) in [5.74, 6) is 1.52. The molecule has 1 aliphatic carbocycles. The van der Waals surface area contributed by atoms with Crippen molar-refractivity contribution in [3.8, 4) is 0 Å². The van der Waals surface area contributed by atoms with Crippen molar-refractivity contribution >= 4 is 0 Å². The van der Waals surface area contributed by atoms with Crippen molar-refractivity contribution in [1.82, 2.24) is 0 Å². The molecular formula is C11H20O. The fourth-order valence-electron chi connectivity index (χ4n) is 2.34. The van der Waals surface area contributed by atoms with Gasteiger partial charge in [-0.2, -0.15) is 0 Å². The van der Waals surface area contributed by atoms with Gasteiger partial charge in [-0.25, -0.2) is 0 Å². The van der Waals surface area contributed by atoms with E-state index in [2.05, 4.69) is 13.5 Å². The molecule has 1 fully saturated rings. The number of rotatable bonds is 3. The zero-order valence-corrected chi connectivity index (χ0v) is 8.00. The fraction of sp³-hybridized carbons (Fsp3) is 0.818. The van der Waals surface area contributed by atoms with Crippen LogP contribution in [0.3, 0.4) is 0 Å². The monoisotopic (exact) mass is 168 g/mol. The molecule has 0 aromatic rings. The molecule has 3 atom stereocenters. The maximum absolute atomic E-state index is 9.49. The Kier molecular flexibility index (Phi) is 3.80. The summed E-state index contributed by atoms with van der Waals surface area (Å²) in [6, 6.07) is 0. The zero-order valence-electron chi connectivity index (χ0n) is 8.00. The molecule has 0 bridgehead atoms. The highest BCUT2D eigenvalue weighted by Gasteiger charge is 2.26. The van der Waals surface area contributed by atoms with Crippen molar-refractivity contribution in [3.63, 3.8) is 0 Å². The third-order valence-electron chi connectivity index (χ3n) is 3.11. The molecule has 1 rings (SSSR count). The van der Waals surface area contributed by atoms with Crippen molar-refractivity contribution in [3.05, 3.63) is 12.7 Å². The summed E-state index contributed by atoms with van der Waals surface area (Å²) in [6.45, 7) is 6.02. The number of aliphatic hydroxyl groups is 1. The topological polar surface area (TPSA) is 20.2 Å². The fourth-order valence-corrected chi connectivity index (χ4v) is 2.34. The summed E-state index contributed by atoms with van der Waals surface area (Å²) in [6.07, 6.45) is 7.48. The maximum Gasteiger partial charge on any atom is 0.0543 e. The minimum Gasteiger partial charge on any atom is -0.393 e. The largest absolute Gasteiger partial charge is 0.393 e. The van der Waals surface area contributed by atoms with E-state index in [-0.39, 0.29) is 6.10 Å². The van der Waals surface area contributed by atoms with E-state index < -0.39 is 0 Å². The van der Waals surface area contributed by atoms with Gasteiger partial charge in [-0.1, -0.05) is 19.4 Å². The Bertz CT molecular complexity index is 142. The molecule has 0 amide bonds. The summed E-state index contributed by atoms with van der Waals surface area (Å²) in [5.41, 5.74) is 0. The first-order valence-electron chi connectivity index (χ1n) is 5.06. The summed E-state index contributed by atoms with van der Waals surface area (Å²) in [7, 11) is 0. The number of hydrogen-bond donors (Lipinski definition) is 1. The van der Waals surface area contributed by atoms with Gasteiger partial charge in [0.1, 0.15) is 0 Å². The third-order valence-corrected chi connectivity index (χ3v) is 3.11. The second-order valence-corrected chi connectivity index (χ2v) is 3.92. The zero-order chi connectivity index (χ0) is 8.97. The molecule has 12 heavy (non-hydrogen) atoms. The average molecular weight is 168 g/mol. The molecule has 0 aliphatic heterocycles. The molecule has 1 N–H and O–H groups in total. The van der Waals surface area contributed by atoms with Gasteiger partial charge in [0, 0.05) is 0 Å². The van der Waals surface area contributed by atoms with Crippen molar-refractivity contribution in [2.24, 2.45) is 11.8 Å². The Morgan fingerprint density at radius 3 is 2.75 bits per heavy atom. The summed E-state index contributed by atoms with van der Waals surface area (Å²) in [4.78, 5) is 0. The standard InChI is InChI=1S/C11H20O/c1-3-5-10-8-11(12)7-6-9(10)4-2/h3,9-12H,1,4-8H2,2H3. The van der Waals surface area contributed by atoms with Crippen LogP contribution in [0.1, 0.15) is 39.0 Å². The normalized spacial score (nSPS) is 36.3. The molecule has 1 nitrogen and oxygen atoms in total. The van der Waals surface area contributed by atoms with Crippen molar-refractivity contribution in [1.29, 1.82) is 0 Å². The van der Waals surface area contributed by atoms with E-state index in [1.54, 1.807) is 0 Å². The van der Waals surface area contributed by atoms with Crippen LogP contribution < -0.4 is 0 Å². The first-order chi connectivity index (χ1) is 5.77. The van der Waals surface area contributed by atoms with Gasteiger partial charge in [-0.3, -0.25) is 0 Å². The number of hydrogen-bond acceptors (Lipinski definition) is 1. The van der Waals surface area contributed by atoms with Crippen LogP contribution in [0.2, 0.25) is 0 Å². The highest BCUT2D eigenvalue weighted by molar-refractivity contribution is 4.84. The van der Waals surface area contributed by atoms with Crippen molar-refractivity contribution in [2.75, 3.05) is 0 Å². The average Bonchev–Trinajstić information content (AvgIpc) is 2.05. The van der Waals surface area contributed by atoms with Gasteiger partial charge in [0.25, 0.3) is 0 Å². The maximum atomic E-state index is 9.49. The van der Waals surface area contributed by atoms with E-state index >= 15 is 0 Å². The number of aliphatic hydroxyl groups excluding tert-OH is 1. The van der Waals surface area contributed by atoms with Crippen LogP contribution in [-0.2, 0) is 0 Å².